The molecule has 0 aliphatic carbocycles. The number of aliphatic hydroxyl groups is 1. The first kappa shape index (κ1) is 14.5. The van der Waals surface area contributed by atoms with Crippen LogP contribution in [0, 0.1) is 0 Å². The van der Waals surface area contributed by atoms with Crippen LogP contribution in [0.15, 0.2) is 24.3 Å². The fraction of sp³-hybridized carbons (Fsp3) is 0.647. The Kier molecular flexibility index (Phi) is 5.41. The van der Waals surface area contributed by atoms with Gasteiger partial charge in [-0.1, -0.05) is 38.1 Å². The fourth-order valence-electron chi connectivity index (χ4n) is 2.76. The Bertz CT molecular complexity index is 367. The molecule has 0 saturated carbocycles. The number of likely N-dealkylation sites (tertiary alicyclic amines) is 1. The molecule has 0 bridgehead atoms. The highest BCUT2D eigenvalue weighted by Gasteiger charge is 2.14. The second-order valence-electron chi connectivity index (χ2n) is 5.83. The lowest BCUT2D eigenvalue weighted by molar-refractivity contribution is 0.149. The van der Waals surface area contributed by atoms with E-state index < -0.39 is 0 Å². The van der Waals surface area contributed by atoms with Gasteiger partial charge in [0.2, 0.25) is 0 Å². The van der Waals surface area contributed by atoms with E-state index >= 15 is 0 Å². The molecule has 2 nitrogen and oxygen atoms in total. The van der Waals surface area contributed by atoms with Crippen molar-refractivity contribution in [1.29, 1.82) is 0 Å². The number of hydrogen-bond donors (Lipinski definition) is 1. The second-order valence-corrected chi connectivity index (χ2v) is 5.83. The standard InChI is InChI=1S/C17H27NO/c1-3-14(2)15-6-8-16(9-7-15)17(19)10-13-18-11-4-5-12-18/h6-9,14,17,19H,3-5,10-13H2,1-2H3. The lowest BCUT2D eigenvalue weighted by atomic mass is 9.96. The van der Waals surface area contributed by atoms with Gasteiger partial charge in [0.05, 0.1) is 6.10 Å². The van der Waals surface area contributed by atoms with E-state index in [0.717, 1.165) is 24.9 Å². The van der Waals surface area contributed by atoms with Gasteiger partial charge in [0, 0.05) is 6.54 Å². The Labute approximate surface area is 117 Å². The number of nitrogens with zero attached hydrogens (tertiary/aromatic N) is 1. The zero-order valence-electron chi connectivity index (χ0n) is 12.3. The topological polar surface area (TPSA) is 23.5 Å². The van der Waals surface area contributed by atoms with Gasteiger partial charge in [0.1, 0.15) is 0 Å². The number of benzene rings is 1. The van der Waals surface area contributed by atoms with E-state index in [4.69, 9.17) is 0 Å². The molecule has 1 aliphatic heterocycles. The van der Waals surface area contributed by atoms with E-state index in [0.29, 0.717) is 5.92 Å². The minimum Gasteiger partial charge on any atom is -0.388 e. The number of rotatable bonds is 6. The summed E-state index contributed by atoms with van der Waals surface area (Å²) in [5.41, 5.74) is 2.43. The van der Waals surface area contributed by atoms with Crippen LogP contribution in [-0.4, -0.2) is 29.6 Å². The predicted octanol–water partition coefficient (Wildman–Crippen LogP) is 3.72. The predicted molar refractivity (Wildman–Crippen MR) is 80.4 cm³/mol. The van der Waals surface area contributed by atoms with Gasteiger partial charge in [-0.15, -0.1) is 0 Å². The molecule has 1 aliphatic rings. The molecule has 2 unspecified atom stereocenters. The Balaban J connectivity index is 1.86. The van der Waals surface area contributed by atoms with Crippen LogP contribution in [0.3, 0.4) is 0 Å². The molecule has 0 amide bonds. The smallest absolute Gasteiger partial charge is 0.0802 e. The van der Waals surface area contributed by atoms with Crippen LogP contribution in [0.25, 0.3) is 0 Å². The Morgan fingerprint density at radius 2 is 1.68 bits per heavy atom. The number of hydrogen-bond acceptors (Lipinski definition) is 2. The average molecular weight is 261 g/mol. The summed E-state index contributed by atoms with van der Waals surface area (Å²) in [7, 11) is 0. The summed E-state index contributed by atoms with van der Waals surface area (Å²) in [6.07, 6.45) is 4.34. The van der Waals surface area contributed by atoms with Gasteiger partial charge in [-0.25, -0.2) is 0 Å². The highest BCUT2D eigenvalue weighted by atomic mass is 16.3. The molecule has 0 aromatic heterocycles. The summed E-state index contributed by atoms with van der Waals surface area (Å²) in [4.78, 5) is 2.46. The van der Waals surface area contributed by atoms with Crippen LogP contribution in [-0.2, 0) is 0 Å². The van der Waals surface area contributed by atoms with Crippen LogP contribution in [0.5, 0.6) is 0 Å². The summed E-state index contributed by atoms with van der Waals surface area (Å²) < 4.78 is 0. The van der Waals surface area contributed by atoms with Crippen LogP contribution >= 0.6 is 0 Å². The Hall–Kier alpha value is -0.860. The van der Waals surface area contributed by atoms with Gasteiger partial charge in [0.25, 0.3) is 0 Å². The van der Waals surface area contributed by atoms with E-state index in [2.05, 4.69) is 43.0 Å². The molecule has 1 heterocycles. The van der Waals surface area contributed by atoms with Crippen molar-refractivity contribution in [3.8, 4) is 0 Å². The van der Waals surface area contributed by atoms with Crippen molar-refractivity contribution in [1.82, 2.24) is 4.90 Å². The van der Waals surface area contributed by atoms with Gasteiger partial charge in [0.15, 0.2) is 0 Å². The van der Waals surface area contributed by atoms with Crippen molar-refractivity contribution in [3.05, 3.63) is 35.4 Å². The molecular formula is C17H27NO. The van der Waals surface area contributed by atoms with Crippen molar-refractivity contribution >= 4 is 0 Å². The first-order chi connectivity index (χ1) is 9.20. The minimum atomic E-state index is -0.313. The molecule has 0 radical (unpaired) electrons. The molecule has 1 N–H and O–H groups in total. The molecule has 1 aromatic rings. The quantitative estimate of drug-likeness (QED) is 0.843. The van der Waals surface area contributed by atoms with Gasteiger partial charge < -0.3 is 10.0 Å². The largest absolute Gasteiger partial charge is 0.388 e. The van der Waals surface area contributed by atoms with Crippen molar-refractivity contribution in [2.24, 2.45) is 0 Å². The SMILES string of the molecule is CCC(C)c1ccc(C(O)CCN2CCCC2)cc1. The van der Waals surface area contributed by atoms with Gasteiger partial charge >= 0.3 is 0 Å². The van der Waals surface area contributed by atoms with Crippen molar-refractivity contribution in [3.63, 3.8) is 0 Å². The molecule has 106 valence electrons. The molecule has 19 heavy (non-hydrogen) atoms. The third-order valence-electron chi connectivity index (χ3n) is 4.42. The zero-order valence-corrected chi connectivity index (χ0v) is 12.3. The minimum absolute atomic E-state index is 0.313. The monoisotopic (exact) mass is 261 g/mol. The molecular weight excluding hydrogens is 234 g/mol. The van der Waals surface area contributed by atoms with E-state index in [-0.39, 0.29) is 6.10 Å². The third kappa shape index (κ3) is 4.05. The molecule has 2 atom stereocenters. The maximum absolute atomic E-state index is 10.2. The lowest BCUT2D eigenvalue weighted by Crippen LogP contribution is -2.22. The second kappa shape index (κ2) is 7.06. The molecule has 2 rings (SSSR count). The van der Waals surface area contributed by atoms with Gasteiger partial charge in [-0.05, 0) is 55.8 Å². The van der Waals surface area contributed by atoms with Crippen molar-refractivity contribution in [2.45, 2.75) is 51.6 Å². The summed E-state index contributed by atoms with van der Waals surface area (Å²) in [6, 6.07) is 8.53. The van der Waals surface area contributed by atoms with E-state index in [1.807, 2.05) is 0 Å². The molecule has 1 saturated heterocycles. The third-order valence-corrected chi connectivity index (χ3v) is 4.42. The van der Waals surface area contributed by atoms with Crippen LogP contribution in [0.4, 0.5) is 0 Å². The first-order valence-electron chi connectivity index (χ1n) is 7.71. The molecule has 1 fully saturated rings. The maximum atomic E-state index is 10.2. The van der Waals surface area contributed by atoms with E-state index in [1.165, 1.54) is 31.5 Å². The number of aliphatic hydroxyl groups excluding tert-OH is 1. The van der Waals surface area contributed by atoms with Gasteiger partial charge in [-0.2, -0.15) is 0 Å². The Morgan fingerprint density at radius 1 is 1.11 bits per heavy atom. The van der Waals surface area contributed by atoms with Crippen LogP contribution < -0.4 is 0 Å². The Morgan fingerprint density at radius 3 is 2.26 bits per heavy atom. The van der Waals surface area contributed by atoms with E-state index in [9.17, 15) is 5.11 Å². The summed E-state index contributed by atoms with van der Waals surface area (Å²) in [5, 5.41) is 10.2. The highest BCUT2D eigenvalue weighted by Crippen LogP contribution is 2.23. The summed E-state index contributed by atoms with van der Waals surface area (Å²) in [5.74, 6) is 0.607. The normalized spacial score (nSPS) is 19.5. The summed E-state index contributed by atoms with van der Waals surface area (Å²) in [6.45, 7) is 7.90. The van der Waals surface area contributed by atoms with Gasteiger partial charge in [-0.3, -0.25) is 0 Å². The summed E-state index contributed by atoms with van der Waals surface area (Å²) >= 11 is 0. The molecule has 0 spiro atoms. The average Bonchev–Trinajstić information content (AvgIpc) is 2.97. The van der Waals surface area contributed by atoms with Crippen molar-refractivity contribution < 1.29 is 5.11 Å². The van der Waals surface area contributed by atoms with E-state index in [1.54, 1.807) is 0 Å². The lowest BCUT2D eigenvalue weighted by Gasteiger charge is -2.18. The zero-order chi connectivity index (χ0) is 13.7. The van der Waals surface area contributed by atoms with Crippen LogP contribution in [0.1, 0.15) is 62.7 Å². The molecule has 2 heteroatoms. The highest BCUT2D eigenvalue weighted by molar-refractivity contribution is 5.26. The fourth-order valence-corrected chi connectivity index (χ4v) is 2.76. The maximum Gasteiger partial charge on any atom is 0.0802 e. The van der Waals surface area contributed by atoms with Crippen LogP contribution in [0.2, 0.25) is 0 Å². The first-order valence-corrected chi connectivity index (χ1v) is 7.71. The molecule has 1 aromatic carbocycles. The van der Waals surface area contributed by atoms with Crippen molar-refractivity contribution in [2.75, 3.05) is 19.6 Å².